The zero-order valence-electron chi connectivity index (χ0n) is 20.7. The molecule has 5 rings (SSSR count). The highest BCUT2D eigenvalue weighted by molar-refractivity contribution is 5.99. The van der Waals surface area contributed by atoms with Crippen LogP contribution < -0.4 is 15.0 Å². The summed E-state index contributed by atoms with van der Waals surface area (Å²) in [5.41, 5.74) is 3.52. The molecule has 1 saturated carbocycles. The Morgan fingerprint density at radius 3 is 2.51 bits per heavy atom. The smallest absolute Gasteiger partial charge is 0.230 e. The highest BCUT2D eigenvalue weighted by Crippen LogP contribution is 2.36. The molecule has 2 aliphatic heterocycles. The van der Waals surface area contributed by atoms with Crippen molar-refractivity contribution in [3.63, 3.8) is 0 Å². The van der Waals surface area contributed by atoms with Gasteiger partial charge in [-0.1, -0.05) is 43.2 Å². The van der Waals surface area contributed by atoms with Crippen molar-refractivity contribution in [2.75, 3.05) is 31.6 Å². The maximum absolute atomic E-state index is 13.6. The minimum Gasteiger partial charge on any atom is -0.497 e. The SMILES string of the molecule is COc1cccc(CN2CCC(NC(=O)C3CCCCC3C(=O)N3CCc4ccccc43)CC2)c1. The molecule has 2 atom stereocenters. The second-order valence-electron chi connectivity index (χ2n) is 10.3. The van der Waals surface area contributed by atoms with Crippen molar-refractivity contribution >= 4 is 17.5 Å². The Bertz CT molecular complexity index is 1050. The predicted octanol–water partition coefficient (Wildman–Crippen LogP) is 4.17. The van der Waals surface area contributed by atoms with Gasteiger partial charge in [-0.15, -0.1) is 0 Å². The number of piperidine rings is 1. The highest BCUT2D eigenvalue weighted by Gasteiger charge is 2.40. The van der Waals surface area contributed by atoms with Crippen LogP contribution in [0.1, 0.15) is 49.7 Å². The molecular formula is C29H37N3O3. The first-order chi connectivity index (χ1) is 17.1. The van der Waals surface area contributed by atoms with Crippen LogP contribution in [0.15, 0.2) is 48.5 Å². The zero-order chi connectivity index (χ0) is 24.2. The number of hydrogen-bond donors (Lipinski definition) is 1. The van der Waals surface area contributed by atoms with Crippen LogP contribution >= 0.6 is 0 Å². The largest absolute Gasteiger partial charge is 0.497 e. The number of nitrogens with one attached hydrogen (secondary N) is 1. The average molecular weight is 476 g/mol. The number of carbonyl (C=O) groups excluding carboxylic acids is 2. The fourth-order valence-electron chi connectivity index (χ4n) is 6.08. The van der Waals surface area contributed by atoms with Crippen LogP contribution in [-0.4, -0.2) is 49.5 Å². The van der Waals surface area contributed by atoms with E-state index in [-0.39, 0.29) is 29.7 Å². The molecule has 2 aromatic rings. The summed E-state index contributed by atoms with van der Waals surface area (Å²) in [4.78, 5) is 31.3. The van der Waals surface area contributed by atoms with Crippen LogP contribution in [0.5, 0.6) is 5.75 Å². The highest BCUT2D eigenvalue weighted by atomic mass is 16.5. The van der Waals surface area contributed by atoms with E-state index < -0.39 is 0 Å². The Hall–Kier alpha value is -2.86. The summed E-state index contributed by atoms with van der Waals surface area (Å²) in [7, 11) is 1.70. The number of hydrogen-bond acceptors (Lipinski definition) is 4. The zero-order valence-corrected chi connectivity index (χ0v) is 20.7. The fourth-order valence-corrected chi connectivity index (χ4v) is 6.08. The number of benzene rings is 2. The molecule has 1 saturated heterocycles. The van der Waals surface area contributed by atoms with Gasteiger partial charge in [-0.05, 0) is 61.4 Å². The summed E-state index contributed by atoms with van der Waals surface area (Å²) in [5.74, 6) is 0.699. The molecule has 0 bridgehead atoms. The number of carbonyl (C=O) groups is 2. The summed E-state index contributed by atoms with van der Waals surface area (Å²) in [5, 5.41) is 3.33. The third kappa shape index (κ3) is 5.37. The minimum atomic E-state index is -0.209. The number of ether oxygens (including phenoxy) is 1. The van der Waals surface area contributed by atoms with Crippen molar-refractivity contribution in [1.29, 1.82) is 0 Å². The average Bonchev–Trinajstić information content (AvgIpc) is 3.34. The van der Waals surface area contributed by atoms with Crippen molar-refractivity contribution in [3.8, 4) is 5.75 Å². The second-order valence-corrected chi connectivity index (χ2v) is 10.3. The summed E-state index contributed by atoms with van der Waals surface area (Å²) >= 11 is 0. The lowest BCUT2D eigenvalue weighted by Gasteiger charge is -2.36. The topological polar surface area (TPSA) is 61.9 Å². The third-order valence-electron chi connectivity index (χ3n) is 8.05. The summed E-state index contributed by atoms with van der Waals surface area (Å²) in [6.45, 7) is 3.54. The lowest BCUT2D eigenvalue weighted by molar-refractivity contribution is -0.135. The molecule has 6 heteroatoms. The van der Waals surface area contributed by atoms with Gasteiger partial charge in [0.15, 0.2) is 0 Å². The number of fused-ring (bicyclic) bond motifs is 1. The van der Waals surface area contributed by atoms with Crippen molar-refractivity contribution in [2.45, 2.75) is 57.5 Å². The number of amides is 2. The maximum Gasteiger partial charge on any atom is 0.230 e. The van der Waals surface area contributed by atoms with Gasteiger partial charge in [0.25, 0.3) is 0 Å². The van der Waals surface area contributed by atoms with Gasteiger partial charge in [-0.3, -0.25) is 14.5 Å². The molecule has 35 heavy (non-hydrogen) atoms. The predicted molar refractivity (Wildman–Crippen MR) is 137 cm³/mol. The van der Waals surface area contributed by atoms with Gasteiger partial charge in [0.05, 0.1) is 13.0 Å². The number of anilines is 1. The van der Waals surface area contributed by atoms with E-state index in [1.165, 1.54) is 11.1 Å². The monoisotopic (exact) mass is 475 g/mol. The van der Waals surface area contributed by atoms with Gasteiger partial charge in [0.2, 0.25) is 11.8 Å². The van der Waals surface area contributed by atoms with Crippen molar-refractivity contribution in [3.05, 3.63) is 59.7 Å². The summed E-state index contributed by atoms with van der Waals surface area (Å²) in [6.07, 6.45) is 6.47. The van der Waals surface area contributed by atoms with Gasteiger partial charge in [-0.2, -0.15) is 0 Å². The van der Waals surface area contributed by atoms with Crippen molar-refractivity contribution < 1.29 is 14.3 Å². The molecule has 0 aromatic heterocycles. The van der Waals surface area contributed by atoms with Gasteiger partial charge < -0.3 is 15.0 Å². The van der Waals surface area contributed by atoms with Crippen LogP contribution in [0.2, 0.25) is 0 Å². The second kappa shape index (κ2) is 10.8. The van der Waals surface area contributed by atoms with Crippen LogP contribution in [0.25, 0.3) is 0 Å². The molecular weight excluding hydrogens is 438 g/mol. The Kier molecular flexibility index (Phi) is 7.37. The van der Waals surface area contributed by atoms with Gasteiger partial charge in [-0.25, -0.2) is 0 Å². The van der Waals surface area contributed by atoms with Gasteiger partial charge in [0.1, 0.15) is 5.75 Å². The summed E-state index contributed by atoms with van der Waals surface area (Å²) < 4.78 is 5.34. The number of rotatable bonds is 6. The van der Waals surface area contributed by atoms with E-state index in [0.29, 0.717) is 0 Å². The molecule has 186 valence electrons. The quantitative estimate of drug-likeness (QED) is 0.681. The van der Waals surface area contributed by atoms with E-state index in [0.717, 1.165) is 82.6 Å². The molecule has 6 nitrogen and oxygen atoms in total. The first kappa shape index (κ1) is 23.9. The molecule has 2 amide bonds. The number of para-hydroxylation sites is 1. The van der Waals surface area contributed by atoms with Gasteiger partial charge in [0, 0.05) is 43.8 Å². The Balaban J connectivity index is 1.16. The van der Waals surface area contributed by atoms with Crippen LogP contribution in [-0.2, 0) is 22.6 Å². The Morgan fingerprint density at radius 1 is 0.943 bits per heavy atom. The minimum absolute atomic E-state index is 0.0850. The van der Waals surface area contributed by atoms with E-state index in [4.69, 9.17) is 4.74 Å². The summed E-state index contributed by atoms with van der Waals surface area (Å²) in [6, 6.07) is 16.6. The fraction of sp³-hybridized carbons (Fsp3) is 0.517. The third-order valence-corrected chi connectivity index (χ3v) is 8.05. The lowest BCUT2D eigenvalue weighted by Crippen LogP contribution is -2.50. The first-order valence-electron chi connectivity index (χ1n) is 13.2. The van der Waals surface area contributed by atoms with E-state index in [1.54, 1.807) is 7.11 Å². The number of nitrogens with zero attached hydrogens (tertiary/aromatic N) is 2. The van der Waals surface area contributed by atoms with Crippen LogP contribution in [0.3, 0.4) is 0 Å². The molecule has 2 unspecified atom stereocenters. The van der Waals surface area contributed by atoms with Crippen LogP contribution in [0.4, 0.5) is 5.69 Å². The van der Waals surface area contributed by atoms with E-state index in [9.17, 15) is 9.59 Å². The Morgan fingerprint density at radius 2 is 1.71 bits per heavy atom. The van der Waals surface area contributed by atoms with E-state index >= 15 is 0 Å². The maximum atomic E-state index is 13.6. The molecule has 2 heterocycles. The molecule has 3 aliphatic rings. The molecule has 2 fully saturated rings. The van der Waals surface area contributed by atoms with Crippen molar-refractivity contribution in [1.82, 2.24) is 10.2 Å². The molecule has 1 aliphatic carbocycles. The van der Waals surface area contributed by atoms with E-state index in [1.807, 2.05) is 35.2 Å². The molecule has 1 N–H and O–H groups in total. The first-order valence-corrected chi connectivity index (χ1v) is 13.2. The molecule has 2 aromatic carbocycles. The number of methoxy groups -OCH3 is 1. The standard InChI is InChI=1S/C29H37N3O3/c1-35-24-9-6-7-21(19-24)20-31-16-14-23(15-17-31)30-28(33)25-10-3-4-11-26(25)29(34)32-18-13-22-8-2-5-12-27(22)32/h2,5-9,12,19,23,25-26H,3-4,10-11,13-18,20H2,1H3,(H,30,33). The van der Waals surface area contributed by atoms with Crippen molar-refractivity contribution in [2.24, 2.45) is 11.8 Å². The Labute approximate surface area is 208 Å². The van der Waals surface area contributed by atoms with E-state index in [2.05, 4.69) is 28.4 Å². The lowest BCUT2D eigenvalue weighted by atomic mass is 9.77. The molecule has 0 spiro atoms. The molecule has 0 radical (unpaired) electrons. The van der Waals surface area contributed by atoms with Crippen LogP contribution in [0, 0.1) is 11.8 Å². The van der Waals surface area contributed by atoms with Gasteiger partial charge >= 0.3 is 0 Å². The normalized spacial score (nSPS) is 23.1. The number of likely N-dealkylation sites (tertiary alicyclic amines) is 1.